The van der Waals surface area contributed by atoms with E-state index >= 15 is 0 Å². The maximum Gasteiger partial charge on any atom is 0.224 e. The first kappa shape index (κ1) is 16.6. The molecule has 0 spiro atoms. The Morgan fingerprint density at radius 2 is 1.91 bits per heavy atom. The minimum atomic E-state index is 0.0998. The summed E-state index contributed by atoms with van der Waals surface area (Å²) >= 11 is 0. The van der Waals surface area contributed by atoms with E-state index in [1.807, 2.05) is 30.5 Å². The van der Waals surface area contributed by atoms with Gasteiger partial charge in [-0.3, -0.25) is 4.79 Å². The fourth-order valence-electron chi connectivity index (χ4n) is 2.79. The van der Waals surface area contributed by atoms with E-state index in [9.17, 15) is 4.79 Å². The third kappa shape index (κ3) is 4.88. The van der Waals surface area contributed by atoms with Crippen LogP contribution in [0.5, 0.6) is 0 Å². The number of carbonyl (C=O) groups is 1. The van der Waals surface area contributed by atoms with Gasteiger partial charge in [0.2, 0.25) is 5.91 Å². The number of hydrogen-bond donors (Lipinski definition) is 2. The standard InChI is InChI=1S/C18H27N3O/c1-3-11-21(12-4-2)13-5-6-18(22)20-16-7-8-17-15(14-16)9-10-19-17/h7-10,14,19H,3-6,11-13H2,1-2H3,(H,20,22). The molecule has 0 aliphatic heterocycles. The molecule has 4 heteroatoms. The fraction of sp³-hybridized carbons (Fsp3) is 0.500. The van der Waals surface area contributed by atoms with Crippen LogP contribution in [-0.2, 0) is 4.79 Å². The second-order valence-corrected chi connectivity index (χ2v) is 5.77. The van der Waals surface area contributed by atoms with Gasteiger partial charge in [0.15, 0.2) is 0 Å². The molecule has 0 saturated carbocycles. The average molecular weight is 301 g/mol. The topological polar surface area (TPSA) is 48.1 Å². The summed E-state index contributed by atoms with van der Waals surface area (Å²) in [5, 5.41) is 4.11. The van der Waals surface area contributed by atoms with Crippen molar-refractivity contribution in [2.45, 2.75) is 39.5 Å². The number of fused-ring (bicyclic) bond motifs is 1. The van der Waals surface area contributed by atoms with Gasteiger partial charge in [-0.2, -0.15) is 0 Å². The number of aromatic amines is 1. The molecule has 0 saturated heterocycles. The molecule has 0 radical (unpaired) electrons. The predicted octanol–water partition coefficient (Wildman–Crippen LogP) is 4.01. The molecule has 0 atom stereocenters. The van der Waals surface area contributed by atoms with Crippen molar-refractivity contribution in [2.24, 2.45) is 0 Å². The highest BCUT2D eigenvalue weighted by molar-refractivity contribution is 5.93. The summed E-state index contributed by atoms with van der Waals surface area (Å²) < 4.78 is 0. The zero-order chi connectivity index (χ0) is 15.8. The average Bonchev–Trinajstić information content (AvgIpc) is 2.95. The van der Waals surface area contributed by atoms with Crippen LogP contribution in [0.4, 0.5) is 5.69 Å². The minimum Gasteiger partial charge on any atom is -0.361 e. The van der Waals surface area contributed by atoms with E-state index in [0.717, 1.165) is 42.6 Å². The highest BCUT2D eigenvalue weighted by Crippen LogP contribution is 2.18. The minimum absolute atomic E-state index is 0.0998. The molecule has 22 heavy (non-hydrogen) atoms. The number of H-pyrrole nitrogens is 1. The molecule has 4 nitrogen and oxygen atoms in total. The van der Waals surface area contributed by atoms with E-state index in [4.69, 9.17) is 0 Å². The Bertz CT molecular complexity index is 585. The van der Waals surface area contributed by atoms with E-state index < -0.39 is 0 Å². The summed E-state index contributed by atoms with van der Waals surface area (Å²) in [6.07, 6.45) is 5.74. The Balaban J connectivity index is 1.77. The number of rotatable bonds is 9. The first-order chi connectivity index (χ1) is 10.7. The SMILES string of the molecule is CCCN(CCC)CCCC(=O)Nc1ccc2[nH]ccc2c1. The van der Waals surface area contributed by atoms with Crippen LogP contribution in [0.1, 0.15) is 39.5 Å². The van der Waals surface area contributed by atoms with Gasteiger partial charge in [0, 0.05) is 29.2 Å². The van der Waals surface area contributed by atoms with Crippen LogP contribution in [0.25, 0.3) is 10.9 Å². The number of aromatic nitrogens is 1. The van der Waals surface area contributed by atoms with Gasteiger partial charge < -0.3 is 15.2 Å². The molecule has 1 heterocycles. The zero-order valence-corrected chi connectivity index (χ0v) is 13.7. The molecule has 2 N–H and O–H groups in total. The Hall–Kier alpha value is -1.81. The van der Waals surface area contributed by atoms with Crippen molar-refractivity contribution in [3.05, 3.63) is 30.5 Å². The molecular formula is C18H27N3O. The van der Waals surface area contributed by atoms with Gasteiger partial charge in [0.05, 0.1) is 0 Å². The van der Waals surface area contributed by atoms with Gasteiger partial charge in [0.25, 0.3) is 0 Å². The second kappa shape index (κ2) is 8.59. The molecule has 0 unspecified atom stereocenters. The number of hydrogen-bond acceptors (Lipinski definition) is 2. The third-order valence-corrected chi connectivity index (χ3v) is 3.79. The van der Waals surface area contributed by atoms with Crippen molar-refractivity contribution >= 4 is 22.5 Å². The van der Waals surface area contributed by atoms with Gasteiger partial charge in [0.1, 0.15) is 0 Å². The van der Waals surface area contributed by atoms with E-state index in [1.165, 1.54) is 12.8 Å². The third-order valence-electron chi connectivity index (χ3n) is 3.79. The number of nitrogens with one attached hydrogen (secondary N) is 2. The lowest BCUT2D eigenvalue weighted by Crippen LogP contribution is -2.27. The van der Waals surface area contributed by atoms with Crippen LogP contribution < -0.4 is 5.32 Å². The number of amides is 1. The number of carbonyl (C=O) groups excluding carboxylic acids is 1. The quantitative estimate of drug-likeness (QED) is 0.735. The lowest BCUT2D eigenvalue weighted by Gasteiger charge is -2.20. The molecule has 0 bridgehead atoms. The summed E-state index contributed by atoms with van der Waals surface area (Å²) in [4.78, 5) is 17.6. The number of anilines is 1. The summed E-state index contributed by atoms with van der Waals surface area (Å²) in [7, 11) is 0. The molecule has 0 fully saturated rings. The zero-order valence-electron chi connectivity index (χ0n) is 13.7. The van der Waals surface area contributed by atoms with Crippen molar-refractivity contribution in [3.8, 4) is 0 Å². The Morgan fingerprint density at radius 1 is 1.14 bits per heavy atom. The van der Waals surface area contributed by atoms with Gasteiger partial charge in [-0.15, -0.1) is 0 Å². The van der Waals surface area contributed by atoms with Crippen LogP contribution in [-0.4, -0.2) is 35.4 Å². The first-order valence-electron chi connectivity index (χ1n) is 8.32. The fourth-order valence-corrected chi connectivity index (χ4v) is 2.79. The maximum absolute atomic E-state index is 12.0. The Labute approximate surface area is 132 Å². The monoisotopic (exact) mass is 301 g/mol. The van der Waals surface area contributed by atoms with Gasteiger partial charge in [-0.1, -0.05) is 13.8 Å². The smallest absolute Gasteiger partial charge is 0.224 e. The largest absolute Gasteiger partial charge is 0.361 e. The molecule has 1 aromatic heterocycles. The molecule has 120 valence electrons. The summed E-state index contributed by atoms with van der Waals surface area (Å²) in [5.74, 6) is 0.0998. The van der Waals surface area contributed by atoms with E-state index in [-0.39, 0.29) is 5.91 Å². The number of benzene rings is 1. The van der Waals surface area contributed by atoms with Crippen LogP contribution in [0.3, 0.4) is 0 Å². The summed E-state index contributed by atoms with van der Waals surface area (Å²) in [6.45, 7) is 7.66. The van der Waals surface area contributed by atoms with E-state index in [0.29, 0.717) is 6.42 Å². The summed E-state index contributed by atoms with van der Waals surface area (Å²) in [6, 6.07) is 7.95. The van der Waals surface area contributed by atoms with Crippen molar-refractivity contribution in [1.82, 2.24) is 9.88 Å². The van der Waals surface area contributed by atoms with Crippen molar-refractivity contribution in [1.29, 1.82) is 0 Å². The second-order valence-electron chi connectivity index (χ2n) is 5.77. The Morgan fingerprint density at radius 3 is 2.64 bits per heavy atom. The highest BCUT2D eigenvalue weighted by Gasteiger charge is 2.06. The van der Waals surface area contributed by atoms with Crippen molar-refractivity contribution in [2.75, 3.05) is 25.0 Å². The van der Waals surface area contributed by atoms with Crippen molar-refractivity contribution < 1.29 is 4.79 Å². The lowest BCUT2D eigenvalue weighted by molar-refractivity contribution is -0.116. The van der Waals surface area contributed by atoms with Gasteiger partial charge in [-0.05, 0) is 63.2 Å². The van der Waals surface area contributed by atoms with Crippen LogP contribution >= 0.6 is 0 Å². The normalized spacial score (nSPS) is 11.2. The van der Waals surface area contributed by atoms with Crippen LogP contribution in [0.15, 0.2) is 30.5 Å². The highest BCUT2D eigenvalue weighted by atomic mass is 16.1. The molecule has 2 aromatic rings. The van der Waals surface area contributed by atoms with E-state index in [1.54, 1.807) is 0 Å². The van der Waals surface area contributed by atoms with Gasteiger partial charge in [-0.25, -0.2) is 0 Å². The molecule has 1 amide bonds. The molecule has 1 aromatic carbocycles. The van der Waals surface area contributed by atoms with Crippen molar-refractivity contribution in [3.63, 3.8) is 0 Å². The predicted molar refractivity (Wildman–Crippen MR) is 93.2 cm³/mol. The summed E-state index contributed by atoms with van der Waals surface area (Å²) in [5.41, 5.74) is 1.96. The van der Waals surface area contributed by atoms with Gasteiger partial charge >= 0.3 is 0 Å². The first-order valence-corrected chi connectivity index (χ1v) is 8.32. The Kier molecular flexibility index (Phi) is 6.46. The number of nitrogens with zero attached hydrogens (tertiary/aromatic N) is 1. The molecule has 2 rings (SSSR count). The van der Waals surface area contributed by atoms with Crippen LogP contribution in [0.2, 0.25) is 0 Å². The molecule has 0 aliphatic rings. The molecule has 0 aliphatic carbocycles. The van der Waals surface area contributed by atoms with Crippen LogP contribution in [0, 0.1) is 0 Å². The lowest BCUT2D eigenvalue weighted by atomic mass is 10.2. The maximum atomic E-state index is 12.0. The molecular weight excluding hydrogens is 274 g/mol. The van der Waals surface area contributed by atoms with E-state index in [2.05, 4.69) is 29.0 Å².